The van der Waals surface area contributed by atoms with E-state index < -0.39 is 6.10 Å². The van der Waals surface area contributed by atoms with Crippen molar-refractivity contribution in [2.45, 2.75) is 32.8 Å². The van der Waals surface area contributed by atoms with Gasteiger partial charge in [0.1, 0.15) is 11.6 Å². The maximum Gasteiger partial charge on any atom is 0.133 e. The van der Waals surface area contributed by atoms with Gasteiger partial charge < -0.3 is 10.0 Å². The van der Waals surface area contributed by atoms with Crippen molar-refractivity contribution in [1.29, 1.82) is 0 Å². The normalized spacial score (nSPS) is 17.1. The van der Waals surface area contributed by atoms with Gasteiger partial charge in [0.05, 0.1) is 6.10 Å². The second-order valence-electron chi connectivity index (χ2n) is 7.09. The van der Waals surface area contributed by atoms with Gasteiger partial charge in [-0.2, -0.15) is 0 Å². The first-order chi connectivity index (χ1) is 12.0. The van der Waals surface area contributed by atoms with Gasteiger partial charge in [0, 0.05) is 50.4 Å². The van der Waals surface area contributed by atoms with Crippen LogP contribution in [0.5, 0.6) is 0 Å². The van der Waals surface area contributed by atoms with E-state index in [0.29, 0.717) is 12.5 Å². The molecule has 0 unspecified atom stereocenters. The predicted molar refractivity (Wildman–Crippen MR) is 101 cm³/mol. The van der Waals surface area contributed by atoms with Crippen molar-refractivity contribution in [3.63, 3.8) is 0 Å². The van der Waals surface area contributed by atoms with Gasteiger partial charge in [0.15, 0.2) is 0 Å². The van der Waals surface area contributed by atoms with Crippen LogP contribution < -0.4 is 4.90 Å². The molecule has 1 fully saturated rings. The first-order valence-electron chi connectivity index (χ1n) is 9.09. The molecule has 0 amide bonds. The number of hydrogen-bond acceptors (Lipinski definition) is 5. The summed E-state index contributed by atoms with van der Waals surface area (Å²) in [6.45, 7) is 10.7. The maximum atomic E-state index is 10.4. The molecular formula is C20H28N4O. The Morgan fingerprint density at radius 1 is 1.04 bits per heavy atom. The lowest BCUT2D eigenvalue weighted by Crippen LogP contribution is -2.48. The van der Waals surface area contributed by atoms with Crippen LogP contribution in [0.15, 0.2) is 36.4 Å². The van der Waals surface area contributed by atoms with E-state index in [4.69, 9.17) is 4.98 Å². The molecular weight excluding hydrogens is 312 g/mol. The highest BCUT2D eigenvalue weighted by molar-refractivity contribution is 5.40. The molecule has 1 N–H and O–H groups in total. The summed E-state index contributed by atoms with van der Waals surface area (Å²) >= 11 is 0. The summed E-state index contributed by atoms with van der Waals surface area (Å²) in [7, 11) is 0. The molecule has 5 heteroatoms. The van der Waals surface area contributed by atoms with Gasteiger partial charge in [-0.3, -0.25) is 4.90 Å². The summed E-state index contributed by atoms with van der Waals surface area (Å²) in [5.41, 5.74) is 2.01. The third kappa shape index (κ3) is 4.55. The molecule has 25 heavy (non-hydrogen) atoms. The quantitative estimate of drug-likeness (QED) is 0.907. The summed E-state index contributed by atoms with van der Waals surface area (Å²) in [5.74, 6) is 2.28. The Hall–Kier alpha value is -1.98. The topological polar surface area (TPSA) is 52.5 Å². The number of hydrogen-bond donors (Lipinski definition) is 1. The minimum atomic E-state index is -0.429. The van der Waals surface area contributed by atoms with Crippen molar-refractivity contribution in [1.82, 2.24) is 14.9 Å². The van der Waals surface area contributed by atoms with Crippen LogP contribution >= 0.6 is 0 Å². The molecule has 2 heterocycles. The molecule has 1 aliphatic heterocycles. The van der Waals surface area contributed by atoms with Crippen molar-refractivity contribution in [3.05, 3.63) is 53.5 Å². The number of nitrogens with zero attached hydrogens (tertiary/aromatic N) is 4. The average Bonchev–Trinajstić information content (AvgIpc) is 2.62. The summed E-state index contributed by atoms with van der Waals surface area (Å²) in [6.07, 6.45) is -0.429. The second kappa shape index (κ2) is 7.93. The zero-order chi connectivity index (χ0) is 17.8. The predicted octanol–water partition coefficient (Wildman–Crippen LogP) is 2.76. The Morgan fingerprint density at radius 2 is 1.72 bits per heavy atom. The first-order valence-corrected chi connectivity index (χ1v) is 9.09. The first kappa shape index (κ1) is 17.8. The minimum absolute atomic E-state index is 0.334. The van der Waals surface area contributed by atoms with E-state index in [1.807, 2.05) is 37.3 Å². The molecule has 0 bridgehead atoms. The molecule has 1 aromatic carbocycles. The van der Waals surface area contributed by atoms with Gasteiger partial charge in [0.2, 0.25) is 0 Å². The van der Waals surface area contributed by atoms with Crippen LogP contribution in [0.2, 0.25) is 0 Å². The van der Waals surface area contributed by atoms with E-state index in [9.17, 15) is 5.11 Å². The number of anilines is 1. The second-order valence-corrected chi connectivity index (χ2v) is 7.09. The molecule has 5 nitrogen and oxygen atoms in total. The summed E-state index contributed by atoms with van der Waals surface area (Å²) < 4.78 is 0. The number of aliphatic hydroxyl groups is 1. The highest BCUT2D eigenvalue weighted by atomic mass is 16.3. The van der Waals surface area contributed by atoms with E-state index in [1.165, 1.54) is 0 Å². The van der Waals surface area contributed by atoms with E-state index in [2.05, 4.69) is 34.7 Å². The molecule has 1 aromatic heterocycles. The Morgan fingerprint density at radius 3 is 2.36 bits per heavy atom. The Kier molecular flexibility index (Phi) is 5.66. The lowest BCUT2D eigenvalue weighted by Gasteiger charge is -2.36. The Balaban J connectivity index is 1.59. The van der Waals surface area contributed by atoms with E-state index >= 15 is 0 Å². The van der Waals surface area contributed by atoms with Gasteiger partial charge in [0.25, 0.3) is 0 Å². The number of aliphatic hydroxyl groups excluding tert-OH is 1. The van der Waals surface area contributed by atoms with Crippen molar-refractivity contribution in [2.75, 3.05) is 37.6 Å². The van der Waals surface area contributed by atoms with Crippen molar-refractivity contribution >= 4 is 5.82 Å². The summed E-state index contributed by atoms with van der Waals surface area (Å²) in [5, 5.41) is 10.4. The number of aromatic nitrogens is 2. The molecule has 1 saturated heterocycles. The van der Waals surface area contributed by atoms with Crippen LogP contribution in [0.1, 0.15) is 43.0 Å². The number of β-amino-alcohol motifs (C(OH)–C–C–N with tert-alkyl or cyclic N) is 1. The molecule has 134 valence electrons. The zero-order valence-corrected chi connectivity index (χ0v) is 15.4. The largest absolute Gasteiger partial charge is 0.387 e. The average molecular weight is 340 g/mol. The molecule has 0 radical (unpaired) electrons. The number of benzene rings is 1. The van der Waals surface area contributed by atoms with Crippen molar-refractivity contribution < 1.29 is 5.11 Å². The monoisotopic (exact) mass is 340 g/mol. The van der Waals surface area contributed by atoms with Crippen molar-refractivity contribution in [3.8, 4) is 0 Å². The Labute approximate surface area is 150 Å². The highest BCUT2D eigenvalue weighted by Crippen LogP contribution is 2.20. The van der Waals surface area contributed by atoms with Crippen molar-refractivity contribution in [2.24, 2.45) is 0 Å². The van der Waals surface area contributed by atoms with Gasteiger partial charge >= 0.3 is 0 Å². The fourth-order valence-corrected chi connectivity index (χ4v) is 3.18. The van der Waals surface area contributed by atoms with Crippen LogP contribution in [0.25, 0.3) is 0 Å². The minimum Gasteiger partial charge on any atom is -0.387 e. The molecule has 3 rings (SSSR count). The third-order valence-corrected chi connectivity index (χ3v) is 4.69. The fraction of sp³-hybridized carbons (Fsp3) is 0.500. The van der Waals surface area contributed by atoms with E-state index in [-0.39, 0.29) is 0 Å². The van der Waals surface area contributed by atoms with E-state index in [0.717, 1.165) is 49.1 Å². The van der Waals surface area contributed by atoms with Crippen LogP contribution in [-0.2, 0) is 0 Å². The summed E-state index contributed by atoms with van der Waals surface area (Å²) in [6, 6.07) is 12.0. The van der Waals surface area contributed by atoms with E-state index in [1.54, 1.807) is 0 Å². The molecule has 0 aliphatic carbocycles. The summed E-state index contributed by atoms with van der Waals surface area (Å²) in [4.78, 5) is 13.9. The Bertz CT molecular complexity index is 681. The highest BCUT2D eigenvalue weighted by Gasteiger charge is 2.21. The molecule has 0 saturated carbocycles. The van der Waals surface area contributed by atoms with Crippen LogP contribution in [0.4, 0.5) is 5.82 Å². The SMILES string of the molecule is Cc1cc(N2CCN(C[C@H](O)c3ccccc3)CC2)nc(C(C)C)n1. The number of rotatable bonds is 5. The molecule has 2 aromatic rings. The lowest BCUT2D eigenvalue weighted by atomic mass is 10.1. The maximum absolute atomic E-state index is 10.4. The van der Waals surface area contributed by atoms with Gasteiger partial charge in [-0.15, -0.1) is 0 Å². The van der Waals surface area contributed by atoms with Gasteiger partial charge in [-0.1, -0.05) is 44.2 Å². The smallest absolute Gasteiger partial charge is 0.133 e. The standard InChI is InChI=1S/C20H28N4O/c1-15(2)20-21-16(3)13-19(22-20)24-11-9-23(10-12-24)14-18(25)17-7-5-4-6-8-17/h4-8,13,15,18,25H,9-12,14H2,1-3H3/t18-/m0/s1. The van der Waals surface area contributed by atoms with Crippen LogP contribution in [0, 0.1) is 6.92 Å². The van der Waals surface area contributed by atoms with Crippen LogP contribution in [-0.4, -0.2) is 52.7 Å². The fourth-order valence-electron chi connectivity index (χ4n) is 3.18. The lowest BCUT2D eigenvalue weighted by molar-refractivity contribution is 0.109. The third-order valence-electron chi connectivity index (χ3n) is 4.69. The van der Waals surface area contributed by atoms with Gasteiger partial charge in [-0.25, -0.2) is 9.97 Å². The van der Waals surface area contributed by atoms with Crippen LogP contribution in [0.3, 0.4) is 0 Å². The molecule has 0 spiro atoms. The number of piperazine rings is 1. The zero-order valence-electron chi connectivity index (χ0n) is 15.4. The van der Waals surface area contributed by atoms with Gasteiger partial charge in [-0.05, 0) is 12.5 Å². The molecule has 1 aliphatic rings. The number of aryl methyl sites for hydroxylation is 1. The molecule has 1 atom stereocenters.